The van der Waals surface area contributed by atoms with Gasteiger partial charge in [0.1, 0.15) is 12.2 Å². The molecule has 0 amide bonds. The number of aryl methyl sites for hydroxylation is 3. The molecule has 0 fully saturated rings. The second kappa shape index (κ2) is 4.98. The minimum absolute atomic E-state index is 0.210. The van der Waals surface area contributed by atoms with Crippen molar-refractivity contribution in [2.75, 3.05) is 0 Å². The molecule has 0 aliphatic heterocycles. The van der Waals surface area contributed by atoms with Crippen LogP contribution in [0, 0.1) is 13.8 Å². The Morgan fingerprint density at radius 2 is 2.24 bits per heavy atom. The minimum atomic E-state index is 0.210. The zero-order valence-electron chi connectivity index (χ0n) is 10.7. The molecule has 0 radical (unpaired) electrons. The highest BCUT2D eigenvalue weighted by atomic mass is 32.1. The molecule has 0 spiro atoms. The second-order valence-electron chi connectivity index (χ2n) is 4.34. The Kier molecular flexibility index (Phi) is 3.59. The molecule has 1 unspecified atom stereocenters. The van der Waals surface area contributed by atoms with Crippen LogP contribution in [0.3, 0.4) is 0 Å². The van der Waals surface area contributed by atoms with Crippen LogP contribution in [0.25, 0.3) is 0 Å². The summed E-state index contributed by atoms with van der Waals surface area (Å²) in [6.07, 6.45) is 1.73. The summed E-state index contributed by atoms with van der Waals surface area (Å²) in [5.41, 5.74) is 1.38. The Morgan fingerprint density at radius 1 is 1.47 bits per heavy atom. The first-order valence-electron chi connectivity index (χ1n) is 5.71. The fraction of sp³-hybridized carbons (Fsp3) is 0.500. The molecular formula is C12H18N4S. The van der Waals surface area contributed by atoms with Gasteiger partial charge in [0.05, 0.1) is 6.04 Å². The van der Waals surface area contributed by atoms with Crippen LogP contribution in [-0.2, 0) is 13.6 Å². The van der Waals surface area contributed by atoms with Gasteiger partial charge in [-0.15, -0.1) is 21.5 Å². The summed E-state index contributed by atoms with van der Waals surface area (Å²) in [5, 5.41) is 11.5. The monoisotopic (exact) mass is 250 g/mol. The maximum Gasteiger partial charge on any atom is 0.149 e. The van der Waals surface area contributed by atoms with E-state index in [2.05, 4.69) is 42.4 Å². The lowest BCUT2D eigenvalue weighted by molar-refractivity contribution is 0.528. The van der Waals surface area contributed by atoms with Crippen molar-refractivity contribution in [3.8, 4) is 0 Å². The van der Waals surface area contributed by atoms with Crippen LogP contribution in [0.4, 0.5) is 0 Å². The van der Waals surface area contributed by atoms with E-state index in [-0.39, 0.29) is 6.04 Å². The highest BCUT2D eigenvalue weighted by Gasteiger charge is 2.11. The molecule has 0 saturated heterocycles. The smallest absolute Gasteiger partial charge is 0.149 e. The Balaban J connectivity index is 1.99. The average molecular weight is 250 g/mol. The van der Waals surface area contributed by atoms with Crippen LogP contribution in [0.5, 0.6) is 0 Å². The van der Waals surface area contributed by atoms with Crippen molar-refractivity contribution in [1.29, 1.82) is 0 Å². The summed E-state index contributed by atoms with van der Waals surface area (Å²) in [6, 6.07) is 2.46. The number of rotatable bonds is 4. The molecule has 0 aliphatic rings. The predicted octanol–water partition coefficient (Wildman–Crippen LogP) is 2.34. The van der Waals surface area contributed by atoms with Gasteiger partial charge in [0.2, 0.25) is 0 Å². The van der Waals surface area contributed by atoms with Crippen LogP contribution in [0.1, 0.15) is 34.1 Å². The van der Waals surface area contributed by atoms with Crippen molar-refractivity contribution >= 4 is 11.3 Å². The molecule has 0 aliphatic carbocycles. The van der Waals surface area contributed by atoms with Gasteiger partial charge >= 0.3 is 0 Å². The first-order valence-corrected chi connectivity index (χ1v) is 6.52. The van der Waals surface area contributed by atoms with E-state index in [1.54, 1.807) is 6.33 Å². The Bertz CT molecular complexity index is 500. The normalized spacial score (nSPS) is 12.9. The Labute approximate surface area is 106 Å². The summed E-state index contributed by atoms with van der Waals surface area (Å²) < 4.78 is 1.95. The van der Waals surface area contributed by atoms with Crippen molar-refractivity contribution in [3.63, 3.8) is 0 Å². The van der Waals surface area contributed by atoms with Crippen molar-refractivity contribution < 1.29 is 0 Å². The fourth-order valence-electron chi connectivity index (χ4n) is 1.90. The molecule has 2 rings (SSSR count). The van der Waals surface area contributed by atoms with Crippen LogP contribution in [-0.4, -0.2) is 14.8 Å². The van der Waals surface area contributed by atoms with E-state index in [0.717, 1.165) is 12.4 Å². The van der Waals surface area contributed by atoms with E-state index >= 15 is 0 Å². The molecular weight excluding hydrogens is 232 g/mol. The standard InChI is InChI=1S/C12H18N4S/c1-8-5-11(10(3)17-8)6-13-9(2)12-15-14-7-16(12)4/h5,7,9,13H,6H2,1-4H3. The number of thiophene rings is 1. The lowest BCUT2D eigenvalue weighted by Gasteiger charge is -2.12. The van der Waals surface area contributed by atoms with Crippen LogP contribution in [0.15, 0.2) is 12.4 Å². The first-order chi connectivity index (χ1) is 8.08. The molecule has 2 aromatic heterocycles. The maximum atomic E-state index is 4.11. The molecule has 1 atom stereocenters. The minimum Gasteiger partial charge on any atom is -0.319 e. The number of nitrogens with one attached hydrogen (secondary N) is 1. The summed E-state index contributed by atoms with van der Waals surface area (Å²) in [6.45, 7) is 7.30. The van der Waals surface area contributed by atoms with Crippen molar-refractivity contribution in [3.05, 3.63) is 33.5 Å². The predicted molar refractivity (Wildman–Crippen MR) is 70.1 cm³/mol. The molecule has 2 heterocycles. The fourth-order valence-corrected chi connectivity index (χ4v) is 2.84. The number of hydrogen-bond donors (Lipinski definition) is 1. The molecule has 5 heteroatoms. The number of hydrogen-bond acceptors (Lipinski definition) is 4. The van der Waals surface area contributed by atoms with Gasteiger partial charge in [-0.25, -0.2) is 0 Å². The number of aromatic nitrogens is 3. The van der Waals surface area contributed by atoms with Gasteiger partial charge in [0.15, 0.2) is 0 Å². The third-order valence-electron chi connectivity index (χ3n) is 2.88. The second-order valence-corrected chi connectivity index (χ2v) is 5.80. The molecule has 4 nitrogen and oxygen atoms in total. The first kappa shape index (κ1) is 12.3. The van der Waals surface area contributed by atoms with Gasteiger partial charge in [-0.1, -0.05) is 0 Å². The summed E-state index contributed by atoms with van der Waals surface area (Å²) in [7, 11) is 1.97. The summed E-state index contributed by atoms with van der Waals surface area (Å²) in [5.74, 6) is 0.967. The molecule has 92 valence electrons. The van der Waals surface area contributed by atoms with Crippen molar-refractivity contribution in [2.45, 2.75) is 33.4 Å². The van der Waals surface area contributed by atoms with E-state index in [4.69, 9.17) is 0 Å². The number of nitrogens with zero attached hydrogens (tertiary/aromatic N) is 3. The van der Waals surface area contributed by atoms with Gasteiger partial charge < -0.3 is 9.88 Å². The molecule has 0 bridgehead atoms. The van der Waals surface area contributed by atoms with E-state index < -0.39 is 0 Å². The Hall–Kier alpha value is -1.20. The maximum absolute atomic E-state index is 4.11. The van der Waals surface area contributed by atoms with Crippen LogP contribution in [0.2, 0.25) is 0 Å². The zero-order chi connectivity index (χ0) is 12.4. The highest BCUT2D eigenvalue weighted by Crippen LogP contribution is 2.21. The average Bonchev–Trinajstić information content (AvgIpc) is 2.81. The topological polar surface area (TPSA) is 42.7 Å². The third kappa shape index (κ3) is 2.73. The van der Waals surface area contributed by atoms with Crippen molar-refractivity contribution in [2.24, 2.45) is 7.05 Å². The molecule has 17 heavy (non-hydrogen) atoms. The van der Waals surface area contributed by atoms with E-state index in [0.29, 0.717) is 0 Å². The molecule has 2 aromatic rings. The highest BCUT2D eigenvalue weighted by molar-refractivity contribution is 7.12. The van der Waals surface area contributed by atoms with Gasteiger partial charge in [0.25, 0.3) is 0 Å². The summed E-state index contributed by atoms with van der Waals surface area (Å²) >= 11 is 1.85. The quantitative estimate of drug-likeness (QED) is 0.905. The summed E-state index contributed by atoms with van der Waals surface area (Å²) in [4.78, 5) is 2.76. The third-order valence-corrected chi connectivity index (χ3v) is 3.88. The van der Waals surface area contributed by atoms with Crippen LogP contribution < -0.4 is 5.32 Å². The Morgan fingerprint density at radius 3 is 2.76 bits per heavy atom. The lowest BCUT2D eigenvalue weighted by Crippen LogP contribution is -2.21. The van der Waals surface area contributed by atoms with E-state index in [1.807, 2.05) is 23.0 Å². The SMILES string of the molecule is Cc1cc(CNC(C)c2nncn2C)c(C)s1. The van der Waals surface area contributed by atoms with E-state index in [1.165, 1.54) is 15.3 Å². The molecule has 0 saturated carbocycles. The van der Waals surface area contributed by atoms with Crippen molar-refractivity contribution in [1.82, 2.24) is 20.1 Å². The van der Waals surface area contributed by atoms with Gasteiger partial charge in [-0.2, -0.15) is 0 Å². The van der Waals surface area contributed by atoms with Gasteiger partial charge in [-0.05, 0) is 32.4 Å². The van der Waals surface area contributed by atoms with Gasteiger partial charge in [-0.3, -0.25) is 0 Å². The van der Waals surface area contributed by atoms with E-state index in [9.17, 15) is 0 Å². The van der Waals surface area contributed by atoms with Crippen LogP contribution >= 0.6 is 11.3 Å². The van der Waals surface area contributed by atoms with Gasteiger partial charge in [0, 0.05) is 23.3 Å². The molecule has 1 N–H and O–H groups in total. The zero-order valence-corrected chi connectivity index (χ0v) is 11.5. The molecule has 0 aromatic carbocycles. The lowest BCUT2D eigenvalue weighted by atomic mass is 10.2. The largest absolute Gasteiger partial charge is 0.319 e.